The van der Waals surface area contributed by atoms with Gasteiger partial charge in [-0.2, -0.15) is 0 Å². The molecule has 0 fully saturated rings. The Morgan fingerprint density at radius 1 is 1.00 bits per heavy atom. The van der Waals surface area contributed by atoms with Crippen LogP contribution in [0, 0.1) is 0 Å². The summed E-state index contributed by atoms with van der Waals surface area (Å²) in [6, 6.07) is 5.97. The van der Waals surface area contributed by atoms with Gasteiger partial charge in [0.15, 0.2) is 0 Å². The minimum absolute atomic E-state index is 0.0173. The molecule has 1 aromatic carbocycles. The van der Waals surface area contributed by atoms with E-state index in [1.54, 1.807) is 14.2 Å². The first-order chi connectivity index (χ1) is 7.53. The number of rotatable bonds is 4. The third kappa shape index (κ3) is 2.78. The van der Waals surface area contributed by atoms with Crippen LogP contribution in [0.4, 0.5) is 0 Å². The molecule has 0 heterocycles. The van der Waals surface area contributed by atoms with E-state index in [9.17, 15) is 0 Å². The topological polar surface area (TPSA) is 18.5 Å². The molecule has 0 aliphatic carbocycles. The molecule has 0 saturated carbocycles. The van der Waals surface area contributed by atoms with E-state index in [4.69, 9.17) is 9.47 Å². The summed E-state index contributed by atoms with van der Waals surface area (Å²) in [5.74, 6) is 1.65. The van der Waals surface area contributed by atoms with Crippen LogP contribution < -0.4 is 9.47 Å². The highest BCUT2D eigenvalue weighted by atomic mass is 16.5. The Morgan fingerprint density at radius 3 is 1.88 bits per heavy atom. The van der Waals surface area contributed by atoms with E-state index in [1.165, 1.54) is 5.56 Å². The van der Waals surface area contributed by atoms with Gasteiger partial charge in [0.25, 0.3) is 0 Å². The van der Waals surface area contributed by atoms with E-state index >= 15 is 0 Å². The van der Waals surface area contributed by atoms with E-state index in [0.29, 0.717) is 0 Å². The van der Waals surface area contributed by atoms with Gasteiger partial charge in [-0.15, -0.1) is 0 Å². The lowest BCUT2D eigenvalue weighted by Crippen LogP contribution is -2.13. The van der Waals surface area contributed by atoms with Gasteiger partial charge in [-0.25, -0.2) is 0 Å². The molecule has 1 rings (SSSR count). The largest absolute Gasteiger partial charge is 0.497 e. The van der Waals surface area contributed by atoms with Crippen molar-refractivity contribution in [3.8, 4) is 11.5 Å². The number of benzene rings is 1. The summed E-state index contributed by atoms with van der Waals surface area (Å²) >= 11 is 0. The molecule has 1 aromatic rings. The summed E-state index contributed by atoms with van der Waals surface area (Å²) in [6.07, 6.45) is 4.23. The summed E-state index contributed by atoms with van der Waals surface area (Å²) in [7, 11) is 3.34. The fourth-order valence-corrected chi connectivity index (χ4v) is 1.69. The van der Waals surface area contributed by atoms with E-state index in [1.807, 2.05) is 25.1 Å². The average molecular weight is 220 g/mol. The number of allylic oxidation sites excluding steroid dienone is 2. The van der Waals surface area contributed by atoms with Crippen LogP contribution in [0.3, 0.4) is 0 Å². The summed E-state index contributed by atoms with van der Waals surface area (Å²) in [5.41, 5.74) is 1.16. The van der Waals surface area contributed by atoms with Gasteiger partial charge in [-0.3, -0.25) is 0 Å². The Labute approximate surface area is 97.9 Å². The summed E-state index contributed by atoms with van der Waals surface area (Å²) in [6.45, 7) is 6.36. The lowest BCUT2D eigenvalue weighted by molar-refractivity contribution is 0.392. The van der Waals surface area contributed by atoms with Crippen LogP contribution in [-0.4, -0.2) is 14.2 Å². The van der Waals surface area contributed by atoms with Crippen molar-refractivity contribution in [2.75, 3.05) is 14.2 Å². The Morgan fingerprint density at radius 2 is 1.50 bits per heavy atom. The molecule has 0 spiro atoms. The van der Waals surface area contributed by atoms with Crippen molar-refractivity contribution >= 4 is 0 Å². The highest BCUT2D eigenvalue weighted by Crippen LogP contribution is 2.31. The van der Waals surface area contributed by atoms with Crippen LogP contribution in [0.2, 0.25) is 0 Å². The van der Waals surface area contributed by atoms with E-state index in [2.05, 4.69) is 26.0 Å². The van der Waals surface area contributed by atoms with Crippen LogP contribution in [0.1, 0.15) is 26.3 Å². The van der Waals surface area contributed by atoms with Gasteiger partial charge in [0.1, 0.15) is 11.5 Å². The maximum Gasteiger partial charge on any atom is 0.122 e. The molecule has 0 amide bonds. The molecule has 16 heavy (non-hydrogen) atoms. The third-order valence-corrected chi connectivity index (χ3v) is 2.68. The van der Waals surface area contributed by atoms with Gasteiger partial charge < -0.3 is 9.47 Å². The second-order valence-corrected chi connectivity index (χ2v) is 4.32. The first-order valence-corrected chi connectivity index (χ1v) is 5.41. The van der Waals surface area contributed by atoms with Gasteiger partial charge >= 0.3 is 0 Å². The summed E-state index contributed by atoms with van der Waals surface area (Å²) in [5, 5.41) is 0. The Balaban J connectivity index is 3.22. The van der Waals surface area contributed by atoms with Crippen molar-refractivity contribution in [1.82, 2.24) is 0 Å². The maximum atomic E-state index is 5.27. The third-order valence-electron chi connectivity index (χ3n) is 2.68. The minimum Gasteiger partial charge on any atom is -0.497 e. The molecular weight excluding hydrogens is 200 g/mol. The molecule has 2 heteroatoms. The van der Waals surface area contributed by atoms with Crippen molar-refractivity contribution < 1.29 is 9.47 Å². The van der Waals surface area contributed by atoms with Crippen molar-refractivity contribution in [2.24, 2.45) is 0 Å². The fourth-order valence-electron chi connectivity index (χ4n) is 1.69. The van der Waals surface area contributed by atoms with Crippen LogP contribution in [-0.2, 0) is 5.41 Å². The van der Waals surface area contributed by atoms with Crippen molar-refractivity contribution in [1.29, 1.82) is 0 Å². The molecule has 0 aromatic heterocycles. The second-order valence-electron chi connectivity index (χ2n) is 4.32. The minimum atomic E-state index is -0.0173. The molecule has 0 bridgehead atoms. The monoisotopic (exact) mass is 220 g/mol. The highest BCUT2D eigenvalue weighted by Gasteiger charge is 2.18. The lowest BCUT2D eigenvalue weighted by atomic mass is 9.84. The van der Waals surface area contributed by atoms with E-state index in [0.717, 1.165) is 11.5 Å². The van der Waals surface area contributed by atoms with Crippen LogP contribution >= 0.6 is 0 Å². The molecular formula is C14H20O2. The zero-order chi connectivity index (χ0) is 12.2. The molecule has 0 N–H and O–H groups in total. The second kappa shape index (κ2) is 5.06. The SMILES string of the molecule is C/C=C/C(C)(C)c1cc(OC)cc(OC)c1. The smallest absolute Gasteiger partial charge is 0.122 e. The average Bonchev–Trinajstić information content (AvgIpc) is 2.28. The maximum absolute atomic E-state index is 5.27. The lowest BCUT2D eigenvalue weighted by Gasteiger charge is -2.22. The zero-order valence-corrected chi connectivity index (χ0v) is 10.7. The number of hydrogen-bond donors (Lipinski definition) is 0. The summed E-state index contributed by atoms with van der Waals surface area (Å²) in [4.78, 5) is 0. The molecule has 2 nitrogen and oxygen atoms in total. The zero-order valence-electron chi connectivity index (χ0n) is 10.7. The van der Waals surface area contributed by atoms with E-state index < -0.39 is 0 Å². The molecule has 0 atom stereocenters. The Hall–Kier alpha value is -1.44. The standard InChI is InChI=1S/C14H20O2/c1-6-7-14(2,3)11-8-12(15-4)10-13(9-11)16-5/h6-10H,1-5H3/b7-6+. The highest BCUT2D eigenvalue weighted by molar-refractivity contribution is 5.43. The molecule has 0 aliphatic rings. The van der Waals surface area contributed by atoms with Crippen LogP contribution in [0.15, 0.2) is 30.4 Å². The molecule has 0 unspecified atom stereocenters. The summed E-state index contributed by atoms with van der Waals surface area (Å²) < 4.78 is 10.5. The van der Waals surface area contributed by atoms with Crippen LogP contribution in [0.5, 0.6) is 11.5 Å². The van der Waals surface area contributed by atoms with Gasteiger partial charge in [-0.1, -0.05) is 26.0 Å². The number of methoxy groups -OCH3 is 2. The van der Waals surface area contributed by atoms with Crippen molar-refractivity contribution in [2.45, 2.75) is 26.2 Å². The van der Waals surface area contributed by atoms with Crippen molar-refractivity contribution in [3.05, 3.63) is 35.9 Å². The first kappa shape index (κ1) is 12.6. The van der Waals surface area contributed by atoms with Gasteiger partial charge in [0, 0.05) is 11.5 Å². The van der Waals surface area contributed by atoms with Crippen LogP contribution in [0.25, 0.3) is 0 Å². The predicted molar refractivity (Wildman–Crippen MR) is 67.4 cm³/mol. The molecule has 88 valence electrons. The van der Waals surface area contributed by atoms with E-state index in [-0.39, 0.29) is 5.41 Å². The number of hydrogen-bond acceptors (Lipinski definition) is 2. The van der Waals surface area contributed by atoms with Gasteiger partial charge in [-0.05, 0) is 24.6 Å². The Bertz CT molecular complexity index is 356. The van der Waals surface area contributed by atoms with Gasteiger partial charge in [0.05, 0.1) is 14.2 Å². The van der Waals surface area contributed by atoms with Gasteiger partial charge in [0.2, 0.25) is 0 Å². The first-order valence-electron chi connectivity index (χ1n) is 5.41. The predicted octanol–water partition coefficient (Wildman–Crippen LogP) is 3.56. The molecule has 0 aliphatic heterocycles. The van der Waals surface area contributed by atoms with Crippen molar-refractivity contribution in [3.63, 3.8) is 0 Å². The normalized spacial score (nSPS) is 11.8. The molecule has 0 saturated heterocycles. The number of ether oxygens (including phenoxy) is 2. The quantitative estimate of drug-likeness (QED) is 0.722. The Kier molecular flexibility index (Phi) is 3.99. The fraction of sp³-hybridized carbons (Fsp3) is 0.429. The molecule has 0 radical (unpaired) electrons.